The molecule has 0 heterocycles. The average Bonchev–Trinajstić information content (AvgIpc) is 2.59. The van der Waals surface area contributed by atoms with Gasteiger partial charge in [0.15, 0.2) is 0 Å². The fraction of sp³-hybridized carbons (Fsp3) is 0.0526. The number of nitrogens with one attached hydrogen (secondary N) is 2. The van der Waals surface area contributed by atoms with Crippen LogP contribution in [0.3, 0.4) is 0 Å². The minimum atomic E-state index is -0.488. The standard InChI is InChI=1S/C19H16N2O3/c22-17-7-3-6-16(12-17)19(24)21-20-18(23)11-13-8-9-14-4-1-2-5-15(14)10-13/h1-10,12,22H,11H2,(H,20,23)(H,21,24). The zero-order chi connectivity index (χ0) is 16.9. The van der Waals surface area contributed by atoms with Crippen molar-refractivity contribution < 1.29 is 14.7 Å². The number of phenolic OH excluding ortho intramolecular Hbond substituents is 1. The maximum absolute atomic E-state index is 12.0. The predicted octanol–water partition coefficient (Wildman–Crippen LogP) is 2.55. The van der Waals surface area contributed by atoms with Crippen LogP contribution >= 0.6 is 0 Å². The van der Waals surface area contributed by atoms with Crippen molar-refractivity contribution in [2.75, 3.05) is 0 Å². The second-order valence-electron chi connectivity index (χ2n) is 5.41. The first-order valence-electron chi connectivity index (χ1n) is 7.48. The number of hydrogen-bond donors (Lipinski definition) is 3. The van der Waals surface area contributed by atoms with E-state index < -0.39 is 5.91 Å². The molecule has 0 bridgehead atoms. The van der Waals surface area contributed by atoms with Gasteiger partial charge in [0.05, 0.1) is 6.42 Å². The minimum Gasteiger partial charge on any atom is -0.508 e. The number of benzene rings is 3. The lowest BCUT2D eigenvalue weighted by Gasteiger charge is -2.08. The summed E-state index contributed by atoms with van der Waals surface area (Å²) in [6, 6.07) is 19.6. The first-order valence-corrected chi connectivity index (χ1v) is 7.48. The second kappa shape index (κ2) is 6.83. The van der Waals surface area contributed by atoms with Crippen molar-refractivity contribution in [2.45, 2.75) is 6.42 Å². The lowest BCUT2D eigenvalue weighted by molar-refractivity contribution is -0.121. The maximum Gasteiger partial charge on any atom is 0.269 e. The number of fused-ring (bicyclic) bond motifs is 1. The van der Waals surface area contributed by atoms with Gasteiger partial charge in [0, 0.05) is 5.56 Å². The summed E-state index contributed by atoms with van der Waals surface area (Å²) in [5.41, 5.74) is 5.83. The highest BCUT2D eigenvalue weighted by Crippen LogP contribution is 2.16. The number of hydrazine groups is 1. The molecule has 3 aromatic carbocycles. The number of hydrogen-bond acceptors (Lipinski definition) is 3. The highest BCUT2D eigenvalue weighted by atomic mass is 16.3. The van der Waals surface area contributed by atoms with E-state index in [2.05, 4.69) is 10.9 Å². The van der Waals surface area contributed by atoms with E-state index in [0.29, 0.717) is 0 Å². The van der Waals surface area contributed by atoms with Crippen LogP contribution in [0, 0.1) is 0 Å². The van der Waals surface area contributed by atoms with E-state index in [-0.39, 0.29) is 23.6 Å². The van der Waals surface area contributed by atoms with Crippen LogP contribution in [0.25, 0.3) is 10.8 Å². The molecule has 0 aliphatic rings. The monoisotopic (exact) mass is 320 g/mol. The Morgan fingerprint density at radius 1 is 0.833 bits per heavy atom. The van der Waals surface area contributed by atoms with Crippen LogP contribution in [0.2, 0.25) is 0 Å². The predicted molar refractivity (Wildman–Crippen MR) is 91.4 cm³/mol. The molecule has 5 nitrogen and oxygen atoms in total. The molecule has 3 N–H and O–H groups in total. The molecule has 0 radical (unpaired) electrons. The normalized spacial score (nSPS) is 10.3. The molecule has 2 amide bonds. The lowest BCUT2D eigenvalue weighted by Crippen LogP contribution is -2.42. The summed E-state index contributed by atoms with van der Waals surface area (Å²) in [6.07, 6.45) is 0.158. The van der Waals surface area contributed by atoms with Crippen LogP contribution in [-0.4, -0.2) is 16.9 Å². The van der Waals surface area contributed by atoms with Crippen LogP contribution in [0.4, 0.5) is 0 Å². The van der Waals surface area contributed by atoms with E-state index >= 15 is 0 Å². The summed E-state index contributed by atoms with van der Waals surface area (Å²) in [6.45, 7) is 0. The van der Waals surface area contributed by atoms with Gasteiger partial charge in [-0.2, -0.15) is 0 Å². The third-order valence-corrected chi connectivity index (χ3v) is 3.60. The first kappa shape index (κ1) is 15.6. The van der Waals surface area contributed by atoms with Crippen molar-refractivity contribution >= 4 is 22.6 Å². The van der Waals surface area contributed by atoms with E-state index in [0.717, 1.165) is 16.3 Å². The molecule has 0 aliphatic heterocycles. The number of aromatic hydroxyl groups is 1. The molecule has 120 valence electrons. The van der Waals surface area contributed by atoms with Gasteiger partial charge in [0.2, 0.25) is 5.91 Å². The van der Waals surface area contributed by atoms with Crippen molar-refractivity contribution in [1.82, 2.24) is 10.9 Å². The van der Waals surface area contributed by atoms with Gasteiger partial charge in [-0.3, -0.25) is 20.4 Å². The molecule has 0 unspecified atom stereocenters. The minimum absolute atomic E-state index is 0.00913. The van der Waals surface area contributed by atoms with Gasteiger partial charge in [-0.15, -0.1) is 0 Å². The molecule has 3 aromatic rings. The topological polar surface area (TPSA) is 78.4 Å². The SMILES string of the molecule is O=C(Cc1ccc2ccccc2c1)NNC(=O)c1cccc(O)c1. The number of carbonyl (C=O) groups is 2. The summed E-state index contributed by atoms with van der Waals surface area (Å²) >= 11 is 0. The average molecular weight is 320 g/mol. The molecule has 0 atom stereocenters. The van der Waals surface area contributed by atoms with Crippen LogP contribution in [0.5, 0.6) is 5.75 Å². The first-order chi connectivity index (χ1) is 11.6. The van der Waals surface area contributed by atoms with Gasteiger partial charge in [-0.05, 0) is 34.5 Å². The van der Waals surface area contributed by atoms with Crippen molar-refractivity contribution in [2.24, 2.45) is 0 Å². The Bertz CT molecular complexity index is 906. The number of carbonyl (C=O) groups excluding carboxylic acids is 2. The van der Waals surface area contributed by atoms with Crippen LogP contribution < -0.4 is 10.9 Å². The summed E-state index contributed by atoms with van der Waals surface area (Å²) in [5.74, 6) is -0.818. The Balaban J connectivity index is 1.59. The Morgan fingerprint density at radius 3 is 2.42 bits per heavy atom. The Kier molecular flexibility index (Phi) is 4.43. The molecule has 0 aliphatic carbocycles. The van der Waals surface area contributed by atoms with E-state index in [1.807, 2.05) is 42.5 Å². The fourth-order valence-corrected chi connectivity index (χ4v) is 2.42. The molecule has 24 heavy (non-hydrogen) atoms. The Morgan fingerprint density at radius 2 is 1.62 bits per heavy atom. The van der Waals surface area contributed by atoms with Gasteiger partial charge in [0.25, 0.3) is 5.91 Å². The third-order valence-electron chi connectivity index (χ3n) is 3.60. The maximum atomic E-state index is 12.0. The van der Waals surface area contributed by atoms with Crippen LogP contribution in [-0.2, 0) is 11.2 Å². The van der Waals surface area contributed by atoms with Crippen molar-refractivity contribution in [3.05, 3.63) is 77.9 Å². The fourth-order valence-electron chi connectivity index (χ4n) is 2.42. The molecular weight excluding hydrogens is 304 g/mol. The van der Waals surface area contributed by atoms with Crippen molar-refractivity contribution in [3.63, 3.8) is 0 Å². The summed E-state index contributed by atoms with van der Waals surface area (Å²) in [4.78, 5) is 23.9. The number of rotatable bonds is 3. The summed E-state index contributed by atoms with van der Waals surface area (Å²) < 4.78 is 0. The molecule has 0 spiro atoms. The van der Waals surface area contributed by atoms with Crippen molar-refractivity contribution in [1.29, 1.82) is 0 Å². The Labute approximate surface area is 138 Å². The molecule has 3 rings (SSSR count). The zero-order valence-electron chi connectivity index (χ0n) is 12.8. The van der Waals surface area contributed by atoms with Crippen LogP contribution in [0.1, 0.15) is 15.9 Å². The van der Waals surface area contributed by atoms with E-state index in [1.165, 1.54) is 12.1 Å². The molecule has 5 heteroatoms. The summed E-state index contributed by atoms with van der Waals surface area (Å²) in [5, 5.41) is 11.5. The van der Waals surface area contributed by atoms with Gasteiger partial charge in [0.1, 0.15) is 5.75 Å². The number of amides is 2. The zero-order valence-corrected chi connectivity index (χ0v) is 12.8. The smallest absolute Gasteiger partial charge is 0.269 e. The van der Waals surface area contributed by atoms with Gasteiger partial charge >= 0.3 is 0 Å². The van der Waals surface area contributed by atoms with Gasteiger partial charge in [-0.25, -0.2) is 0 Å². The molecular formula is C19H16N2O3. The third kappa shape index (κ3) is 3.70. The summed E-state index contributed by atoms with van der Waals surface area (Å²) in [7, 11) is 0. The van der Waals surface area contributed by atoms with Gasteiger partial charge in [-0.1, -0.05) is 48.5 Å². The van der Waals surface area contributed by atoms with E-state index in [9.17, 15) is 14.7 Å². The highest BCUT2D eigenvalue weighted by molar-refractivity contribution is 5.96. The van der Waals surface area contributed by atoms with E-state index in [4.69, 9.17) is 0 Å². The Hall–Kier alpha value is -3.34. The largest absolute Gasteiger partial charge is 0.508 e. The molecule has 0 aromatic heterocycles. The van der Waals surface area contributed by atoms with Gasteiger partial charge < -0.3 is 5.11 Å². The lowest BCUT2D eigenvalue weighted by atomic mass is 10.1. The molecule has 0 fully saturated rings. The molecule has 0 saturated carbocycles. The van der Waals surface area contributed by atoms with Crippen LogP contribution in [0.15, 0.2) is 66.7 Å². The van der Waals surface area contributed by atoms with Crippen molar-refractivity contribution in [3.8, 4) is 5.75 Å². The van der Waals surface area contributed by atoms with E-state index in [1.54, 1.807) is 12.1 Å². The molecule has 0 saturated heterocycles. The highest BCUT2D eigenvalue weighted by Gasteiger charge is 2.09. The second-order valence-corrected chi connectivity index (χ2v) is 5.41. The quantitative estimate of drug-likeness (QED) is 0.649. The number of phenols is 1.